The number of benzene rings is 9. The summed E-state index contributed by atoms with van der Waals surface area (Å²) in [7, 11) is 0. The Labute approximate surface area is 303 Å². The SMILES string of the molecule is C(=C\c1c2ccccc2c(-c2ccccc2)c2c1ccc1ccccc12)/Cc1ccccc1-c1ccc2c(c1)c1ccccc1n2-c1ccccc1. The van der Waals surface area contributed by atoms with Gasteiger partial charge in [0.15, 0.2) is 0 Å². The fourth-order valence-corrected chi connectivity index (χ4v) is 8.34. The molecule has 1 aromatic heterocycles. The summed E-state index contributed by atoms with van der Waals surface area (Å²) in [5, 5.41) is 10.2. The zero-order chi connectivity index (χ0) is 34.4. The summed E-state index contributed by atoms with van der Waals surface area (Å²) in [5.41, 5.74) is 11.3. The summed E-state index contributed by atoms with van der Waals surface area (Å²) in [5.74, 6) is 0. The first kappa shape index (κ1) is 30.2. The maximum atomic E-state index is 2.38. The van der Waals surface area contributed by atoms with Gasteiger partial charge in [0.2, 0.25) is 0 Å². The molecule has 244 valence electrons. The van der Waals surface area contributed by atoms with Gasteiger partial charge in [0, 0.05) is 16.5 Å². The van der Waals surface area contributed by atoms with E-state index in [-0.39, 0.29) is 0 Å². The Kier molecular flexibility index (Phi) is 7.29. The minimum absolute atomic E-state index is 0.823. The second-order valence-corrected chi connectivity index (χ2v) is 13.6. The van der Waals surface area contributed by atoms with Crippen molar-refractivity contribution in [3.8, 4) is 27.9 Å². The van der Waals surface area contributed by atoms with Gasteiger partial charge in [0.25, 0.3) is 0 Å². The van der Waals surface area contributed by atoms with Crippen LogP contribution < -0.4 is 0 Å². The van der Waals surface area contributed by atoms with Crippen LogP contribution in [0.25, 0.3) is 88.1 Å². The van der Waals surface area contributed by atoms with Gasteiger partial charge in [-0.2, -0.15) is 0 Å². The topological polar surface area (TPSA) is 4.93 Å². The number of hydrogen-bond acceptors (Lipinski definition) is 0. The van der Waals surface area contributed by atoms with Gasteiger partial charge in [-0.1, -0.05) is 170 Å². The van der Waals surface area contributed by atoms with E-state index in [0.717, 1.165) is 6.42 Å². The second-order valence-electron chi connectivity index (χ2n) is 13.6. The highest BCUT2D eigenvalue weighted by Gasteiger charge is 2.17. The molecular weight excluding hydrogens is 627 g/mol. The lowest BCUT2D eigenvalue weighted by molar-refractivity contribution is 1.18. The molecule has 10 aromatic rings. The molecule has 0 spiro atoms. The third-order valence-corrected chi connectivity index (χ3v) is 10.7. The van der Waals surface area contributed by atoms with E-state index in [4.69, 9.17) is 0 Å². The molecule has 0 aliphatic heterocycles. The van der Waals surface area contributed by atoms with Crippen molar-refractivity contribution in [3.63, 3.8) is 0 Å². The highest BCUT2D eigenvalue weighted by Crippen LogP contribution is 2.43. The van der Waals surface area contributed by atoms with Crippen molar-refractivity contribution in [2.45, 2.75) is 6.42 Å². The minimum Gasteiger partial charge on any atom is -0.309 e. The average Bonchev–Trinajstić information content (AvgIpc) is 3.55. The van der Waals surface area contributed by atoms with Crippen LogP contribution in [-0.2, 0) is 6.42 Å². The fraction of sp³-hybridized carbons (Fsp3) is 0.0196. The smallest absolute Gasteiger partial charge is 0.0541 e. The Morgan fingerprint density at radius 2 is 1.08 bits per heavy atom. The van der Waals surface area contributed by atoms with E-state index >= 15 is 0 Å². The van der Waals surface area contributed by atoms with Crippen molar-refractivity contribution in [2.24, 2.45) is 0 Å². The van der Waals surface area contributed by atoms with Gasteiger partial charge in [-0.15, -0.1) is 0 Å². The quantitative estimate of drug-likeness (QED) is 0.123. The number of fused-ring (bicyclic) bond motifs is 7. The molecule has 0 bridgehead atoms. The number of rotatable bonds is 6. The summed E-state index contributed by atoms with van der Waals surface area (Å²) in [6.45, 7) is 0. The summed E-state index contributed by atoms with van der Waals surface area (Å²) < 4.78 is 2.38. The van der Waals surface area contributed by atoms with Gasteiger partial charge in [-0.3, -0.25) is 0 Å². The molecular formula is C51H35N. The van der Waals surface area contributed by atoms with Gasteiger partial charge in [-0.05, 0) is 102 Å². The van der Waals surface area contributed by atoms with Crippen LogP contribution in [0, 0.1) is 0 Å². The maximum Gasteiger partial charge on any atom is 0.0541 e. The van der Waals surface area contributed by atoms with E-state index in [2.05, 4.69) is 205 Å². The summed E-state index contributed by atoms with van der Waals surface area (Å²) in [6, 6.07) is 68.4. The summed E-state index contributed by atoms with van der Waals surface area (Å²) in [4.78, 5) is 0. The highest BCUT2D eigenvalue weighted by atomic mass is 15.0. The Morgan fingerprint density at radius 1 is 0.423 bits per heavy atom. The zero-order valence-electron chi connectivity index (χ0n) is 28.7. The van der Waals surface area contributed by atoms with Crippen molar-refractivity contribution in [3.05, 3.63) is 205 Å². The molecule has 0 aliphatic rings. The number of para-hydroxylation sites is 2. The Hall–Kier alpha value is -6.70. The van der Waals surface area contributed by atoms with Crippen LogP contribution in [0.3, 0.4) is 0 Å². The molecule has 0 amide bonds. The molecule has 9 aromatic carbocycles. The van der Waals surface area contributed by atoms with E-state index in [1.807, 2.05) is 0 Å². The van der Waals surface area contributed by atoms with E-state index < -0.39 is 0 Å². The fourth-order valence-electron chi connectivity index (χ4n) is 8.34. The number of nitrogens with zero attached hydrogens (tertiary/aromatic N) is 1. The second kappa shape index (κ2) is 12.6. The van der Waals surface area contributed by atoms with Crippen molar-refractivity contribution < 1.29 is 0 Å². The average molecular weight is 662 g/mol. The van der Waals surface area contributed by atoms with Crippen molar-refractivity contribution in [2.75, 3.05) is 0 Å². The molecule has 1 heteroatoms. The van der Waals surface area contributed by atoms with Crippen LogP contribution >= 0.6 is 0 Å². The molecule has 0 unspecified atom stereocenters. The molecule has 0 aliphatic carbocycles. The monoisotopic (exact) mass is 661 g/mol. The van der Waals surface area contributed by atoms with Crippen LogP contribution in [0.5, 0.6) is 0 Å². The van der Waals surface area contributed by atoms with Crippen molar-refractivity contribution >= 4 is 60.2 Å². The number of allylic oxidation sites excluding steroid dienone is 1. The largest absolute Gasteiger partial charge is 0.309 e. The third kappa shape index (κ3) is 4.93. The van der Waals surface area contributed by atoms with Gasteiger partial charge >= 0.3 is 0 Å². The molecule has 0 radical (unpaired) electrons. The molecule has 0 N–H and O–H groups in total. The van der Waals surface area contributed by atoms with Crippen LogP contribution in [-0.4, -0.2) is 4.57 Å². The lowest BCUT2D eigenvalue weighted by Crippen LogP contribution is -1.93. The number of hydrogen-bond donors (Lipinski definition) is 0. The molecule has 0 saturated heterocycles. The molecule has 1 heterocycles. The molecule has 10 rings (SSSR count). The van der Waals surface area contributed by atoms with Gasteiger partial charge in [-0.25, -0.2) is 0 Å². The van der Waals surface area contributed by atoms with Crippen LogP contribution in [0.4, 0.5) is 0 Å². The lowest BCUT2D eigenvalue weighted by Gasteiger charge is -2.17. The lowest BCUT2D eigenvalue weighted by atomic mass is 9.86. The maximum absolute atomic E-state index is 2.38. The summed E-state index contributed by atoms with van der Waals surface area (Å²) >= 11 is 0. The van der Waals surface area contributed by atoms with Crippen molar-refractivity contribution in [1.82, 2.24) is 4.57 Å². The normalized spacial score (nSPS) is 11.8. The predicted molar refractivity (Wildman–Crippen MR) is 223 cm³/mol. The minimum atomic E-state index is 0.823. The van der Waals surface area contributed by atoms with Crippen molar-refractivity contribution in [1.29, 1.82) is 0 Å². The Bertz CT molecular complexity index is 2970. The number of aromatic nitrogens is 1. The molecule has 1 nitrogen and oxygen atoms in total. The first-order valence-electron chi connectivity index (χ1n) is 18.1. The first-order valence-corrected chi connectivity index (χ1v) is 18.1. The van der Waals surface area contributed by atoms with Crippen LogP contribution in [0.15, 0.2) is 194 Å². The third-order valence-electron chi connectivity index (χ3n) is 10.7. The molecule has 52 heavy (non-hydrogen) atoms. The van der Waals surface area contributed by atoms with Crippen LogP contribution in [0.2, 0.25) is 0 Å². The van der Waals surface area contributed by atoms with E-state index in [1.54, 1.807) is 0 Å². The Morgan fingerprint density at radius 3 is 1.92 bits per heavy atom. The standard InChI is InChI=1S/C51H35N/c1-3-18-37(19-4-1)50-45-27-12-11-25-42(45)43(46-32-30-36-17-8-10-24-41(36)51(46)50)28-15-20-35-16-7-9-23-40(35)38-31-33-49-47(34-38)44-26-13-14-29-48(44)52(49)39-21-5-2-6-22-39/h1-19,21-34H,20H2/b28-15+. The highest BCUT2D eigenvalue weighted by molar-refractivity contribution is 6.25. The van der Waals surface area contributed by atoms with E-state index in [1.165, 1.54) is 93.2 Å². The van der Waals surface area contributed by atoms with Gasteiger partial charge < -0.3 is 4.57 Å². The van der Waals surface area contributed by atoms with E-state index in [0.29, 0.717) is 0 Å². The van der Waals surface area contributed by atoms with Gasteiger partial charge in [0.1, 0.15) is 0 Å². The first-order chi connectivity index (χ1) is 25.8. The summed E-state index contributed by atoms with van der Waals surface area (Å²) in [6.07, 6.45) is 5.54. The Balaban J connectivity index is 1.10. The zero-order valence-corrected chi connectivity index (χ0v) is 28.7. The predicted octanol–water partition coefficient (Wildman–Crippen LogP) is 13.8. The van der Waals surface area contributed by atoms with Gasteiger partial charge in [0.05, 0.1) is 11.0 Å². The molecule has 0 fully saturated rings. The molecule has 0 saturated carbocycles. The van der Waals surface area contributed by atoms with Crippen LogP contribution in [0.1, 0.15) is 11.1 Å². The van der Waals surface area contributed by atoms with E-state index in [9.17, 15) is 0 Å². The molecule has 0 atom stereocenters.